The number of primary amides is 1. The van der Waals surface area contributed by atoms with E-state index in [0.717, 1.165) is 0 Å². The molecule has 0 aliphatic heterocycles. The van der Waals surface area contributed by atoms with Gasteiger partial charge in [-0.15, -0.1) is 0 Å². The Bertz CT molecular complexity index is 673. The van der Waals surface area contributed by atoms with Crippen LogP contribution in [0.5, 0.6) is 0 Å². The molecule has 2 rings (SSSR count). The van der Waals surface area contributed by atoms with Crippen LogP contribution in [0.1, 0.15) is 31.2 Å². The van der Waals surface area contributed by atoms with Gasteiger partial charge in [0.25, 0.3) is 5.69 Å². The van der Waals surface area contributed by atoms with Crippen molar-refractivity contribution < 1.29 is 19.3 Å². The first kappa shape index (κ1) is 17.6. The highest BCUT2D eigenvalue weighted by atomic mass is 16.6. The van der Waals surface area contributed by atoms with Crippen LogP contribution in [0.2, 0.25) is 0 Å². The number of nitrogens with zero attached hydrogens (tertiary/aromatic N) is 1. The van der Waals surface area contributed by atoms with Crippen molar-refractivity contribution >= 4 is 23.3 Å². The van der Waals surface area contributed by atoms with E-state index in [-0.39, 0.29) is 30.2 Å². The highest BCUT2D eigenvalue weighted by molar-refractivity contribution is 5.89. The molecule has 0 bridgehead atoms. The van der Waals surface area contributed by atoms with Crippen molar-refractivity contribution in [1.29, 1.82) is 0 Å². The summed E-state index contributed by atoms with van der Waals surface area (Å²) in [6.07, 6.45) is 1.94. The molecule has 128 valence electrons. The summed E-state index contributed by atoms with van der Waals surface area (Å²) in [6.45, 7) is 0. The molecule has 1 aliphatic rings. The van der Waals surface area contributed by atoms with Crippen molar-refractivity contribution in [2.75, 3.05) is 0 Å². The second kappa shape index (κ2) is 7.67. The van der Waals surface area contributed by atoms with Crippen molar-refractivity contribution in [2.24, 2.45) is 11.7 Å². The van der Waals surface area contributed by atoms with Gasteiger partial charge in [0, 0.05) is 25.0 Å². The highest BCUT2D eigenvalue weighted by Gasteiger charge is 2.32. The first-order chi connectivity index (χ1) is 11.4. The van der Waals surface area contributed by atoms with Gasteiger partial charge in [-0.3, -0.25) is 24.5 Å². The molecule has 3 N–H and O–H groups in total. The molecule has 2 amide bonds. The van der Waals surface area contributed by atoms with Crippen molar-refractivity contribution in [3.63, 3.8) is 0 Å². The number of benzene rings is 1. The molecule has 2 atom stereocenters. The van der Waals surface area contributed by atoms with Crippen molar-refractivity contribution in [3.8, 4) is 0 Å². The maximum atomic E-state index is 12.2. The standard InChI is InChI=1S/C16H19N3O5/c17-16(22)15(11-4-2-6-13(20)9-11)18-14(21)8-10-3-1-5-12(7-10)19(23)24/h1,3,5,7,11,15H,2,4,6,8-9H2,(H2,17,22)(H,18,21)/t11-,15-/m0/s1. The minimum atomic E-state index is -0.902. The molecule has 24 heavy (non-hydrogen) atoms. The van der Waals surface area contributed by atoms with Gasteiger partial charge in [-0.25, -0.2) is 0 Å². The van der Waals surface area contributed by atoms with E-state index in [2.05, 4.69) is 5.32 Å². The minimum absolute atomic E-state index is 0.0606. The average molecular weight is 333 g/mol. The number of nitro benzene ring substituents is 1. The number of non-ortho nitro benzene ring substituents is 1. The van der Waals surface area contributed by atoms with Gasteiger partial charge in [0.1, 0.15) is 11.8 Å². The number of nitrogens with one attached hydrogen (secondary N) is 1. The second-order valence-electron chi connectivity index (χ2n) is 5.95. The third kappa shape index (κ3) is 4.61. The van der Waals surface area contributed by atoms with Gasteiger partial charge in [0.2, 0.25) is 11.8 Å². The number of hydrogen-bond acceptors (Lipinski definition) is 5. The fraction of sp³-hybridized carbons (Fsp3) is 0.438. The quantitative estimate of drug-likeness (QED) is 0.588. The van der Waals surface area contributed by atoms with Crippen molar-refractivity contribution in [2.45, 2.75) is 38.1 Å². The summed E-state index contributed by atoms with van der Waals surface area (Å²) in [6, 6.07) is 4.83. The highest BCUT2D eigenvalue weighted by Crippen LogP contribution is 2.24. The largest absolute Gasteiger partial charge is 0.368 e. The summed E-state index contributed by atoms with van der Waals surface area (Å²) in [7, 11) is 0. The van der Waals surface area contributed by atoms with Crippen LogP contribution in [0.3, 0.4) is 0 Å². The fourth-order valence-corrected chi connectivity index (χ4v) is 2.95. The minimum Gasteiger partial charge on any atom is -0.368 e. The zero-order valence-electron chi connectivity index (χ0n) is 13.1. The van der Waals surface area contributed by atoms with Crippen LogP contribution >= 0.6 is 0 Å². The first-order valence-corrected chi connectivity index (χ1v) is 7.70. The van der Waals surface area contributed by atoms with Crippen LogP contribution in [0, 0.1) is 16.0 Å². The van der Waals surface area contributed by atoms with Gasteiger partial charge in [-0.1, -0.05) is 12.1 Å². The molecule has 1 fully saturated rings. The summed E-state index contributed by atoms with van der Waals surface area (Å²) >= 11 is 0. The molecule has 0 saturated heterocycles. The van der Waals surface area contributed by atoms with Gasteiger partial charge < -0.3 is 11.1 Å². The number of nitro groups is 1. The number of Topliss-reactive ketones (excluding diaryl/α,β-unsaturated/α-hetero) is 1. The molecule has 1 aromatic rings. The molecule has 1 saturated carbocycles. The van der Waals surface area contributed by atoms with E-state index in [4.69, 9.17) is 5.73 Å². The van der Waals surface area contributed by atoms with E-state index in [1.54, 1.807) is 6.07 Å². The van der Waals surface area contributed by atoms with E-state index in [1.807, 2.05) is 0 Å². The summed E-state index contributed by atoms with van der Waals surface area (Å²) in [5.41, 5.74) is 5.72. The third-order valence-corrected chi connectivity index (χ3v) is 4.10. The van der Waals surface area contributed by atoms with Crippen LogP contribution in [0.25, 0.3) is 0 Å². The third-order valence-electron chi connectivity index (χ3n) is 4.10. The van der Waals surface area contributed by atoms with Crippen molar-refractivity contribution in [3.05, 3.63) is 39.9 Å². The molecule has 0 heterocycles. The Morgan fingerprint density at radius 2 is 2.17 bits per heavy atom. The number of carbonyl (C=O) groups excluding carboxylic acids is 3. The van der Waals surface area contributed by atoms with Crippen molar-refractivity contribution in [1.82, 2.24) is 5.32 Å². The number of rotatable bonds is 6. The van der Waals surface area contributed by atoms with Gasteiger partial charge >= 0.3 is 0 Å². The molecular weight excluding hydrogens is 314 g/mol. The van der Waals surface area contributed by atoms with Gasteiger partial charge in [-0.05, 0) is 24.3 Å². The topological polar surface area (TPSA) is 132 Å². The number of amides is 2. The number of ketones is 1. The summed E-state index contributed by atoms with van der Waals surface area (Å²) in [4.78, 5) is 45.6. The lowest BCUT2D eigenvalue weighted by Gasteiger charge is -2.28. The van der Waals surface area contributed by atoms with Crippen LogP contribution in [-0.2, 0) is 20.8 Å². The van der Waals surface area contributed by atoms with E-state index in [9.17, 15) is 24.5 Å². The van der Waals surface area contributed by atoms with E-state index < -0.39 is 22.8 Å². The van der Waals surface area contributed by atoms with E-state index >= 15 is 0 Å². The second-order valence-corrected chi connectivity index (χ2v) is 5.95. The molecule has 0 spiro atoms. The van der Waals surface area contributed by atoms with Gasteiger partial charge in [-0.2, -0.15) is 0 Å². The smallest absolute Gasteiger partial charge is 0.269 e. The lowest BCUT2D eigenvalue weighted by Crippen LogP contribution is -2.50. The number of nitrogens with two attached hydrogens (primary N) is 1. The number of hydrogen-bond donors (Lipinski definition) is 2. The predicted molar refractivity (Wildman–Crippen MR) is 84.9 cm³/mol. The molecule has 0 aromatic heterocycles. The zero-order chi connectivity index (χ0) is 17.7. The summed E-state index contributed by atoms with van der Waals surface area (Å²) in [5, 5.41) is 13.3. The maximum absolute atomic E-state index is 12.2. The van der Waals surface area contributed by atoms with Crippen LogP contribution in [0.4, 0.5) is 5.69 Å². The Balaban J connectivity index is 2.03. The molecule has 8 heteroatoms. The van der Waals surface area contributed by atoms with E-state index in [1.165, 1.54) is 18.2 Å². The monoisotopic (exact) mass is 333 g/mol. The summed E-state index contributed by atoms with van der Waals surface area (Å²) in [5.74, 6) is -1.37. The van der Waals surface area contributed by atoms with Gasteiger partial charge in [0.05, 0.1) is 11.3 Å². The fourth-order valence-electron chi connectivity index (χ4n) is 2.95. The first-order valence-electron chi connectivity index (χ1n) is 7.70. The van der Waals surface area contributed by atoms with Gasteiger partial charge in [0.15, 0.2) is 0 Å². The molecule has 1 aliphatic carbocycles. The zero-order valence-corrected chi connectivity index (χ0v) is 13.1. The predicted octanol–water partition coefficient (Wildman–Crippen LogP) is 0.867. The molecule has 8 nitrogen and oxygen atoms in total. The normalized spacial score (nSPS) is 18.7. The van der Waals surface area contributed by atoms with E-state index in [0.29, 0.717) is 24.8 Å². The Hall–Kier alpha value is -2.77. The molecule has 0 radical (unpaired) electrons. The van der Waals surface area contributed by atoms with Crippen LogP contribution in [-0.4, -0.2) is 28.6 Å². The molecule has 1 aromatic carbocycles. The Morgan fingerprint density at radius 3 is 2.79 bits per heavy atom. The average Bonchev–Trinajstić information content (AvgIpc) is 2.52. The Labute approximate surface area is 138 Å². The molecule has 0 unspecified atom stereocenters. The Morgan fingerprint density at radius 1 is 1.42 bits per heavy atom. The maximum Gasteiger partial charge on any atom is 0.269 e. The SMILES string of the molecule is NC(=O)[C@@H](NC(=O)Cc1cccc([N+](=O)[O-])c1)[C@H]1CCCC(=O)C1. The van der Waals surface area contributed by atoms with Crippen LogP contribution < -0.4 is 11.1 Å². The summed E-state index contributed by atoms with van der Waals surface area (Å²) < 4.78 is 0. The Kier molecular flexibility index (Phi) is 5.62. The molecular formula is C16H19N3O5. The van der Waals surface area contributed by atoms with Crippen LogP contribution in [0.15, 0.2) is 24.3 Å². The lowest BCUT2D eigenvalue weighted by atomic mass is 9.83. The number of carbonyl (C=O) groups is 3. The lowest BCUT2D eigenvalue weighted by molar-refractivity contribution is -0.384.